The Kier molecular flexibility index (Phi) is 5.33. The molecule has 8 rings (SSSR count). The van der Waals surface area contributed by atoms with Crippen LogP contribution in [0.25, 0.3) is 60.9 Å². The smallest absolute Gasteiger partial charge is 0.0639 e. The molecule has 2 nitrogen and oxygen atoms in total. The van der Waals surface area contributed by atoms with Gasteiger partial charge in [-0.2, -0.15) is 0 Å². The van der Waals surface area contributed by atoms with Gasteiger partial charge in [-0.15, -0.1) is 0 Å². The van der Waals surface area contributed by atoms with Crippen molar-refractivity contribution >= 4 is 55.5 Å². The maximum atomic E-state index is 9.37. The summed E-state index contributed by atoms with van der Waals surface area (Å²) in [5, 5.41) is 20.3. The summed E-state index contributed by atoms with van der Waals surface area (Å²) in [6.45, 7) is 0. The van der Waals surface area contributed by atoms with Gasteiger partial charge in [-0.05, 0) is 72.8 Å². The molecule has 1 aliphatic heterocycles. The average molecular weight is 523 g/mol. The molecule has 192 valence electrons. The normalized spacial score (nSPS) is 13.9. The van der Waals surface area contributed by atoms with Crippen LogP contribution < -0.4 is 5.32 Å². The lowest BCUT2D eigenvalue weighted by atomic mass is 9.89. The summed E-state index contributed by atoms with van der Waals surface area (Å²) in [5.41, 5.74) is 9.04. The molecule has 0 bridgehead atoms. The molecule has 1 heterocycles. The monoisotopic (exact) mass is 522 g/mol. The highest BCUT2D eigenvalue weighted by atomic mass is 14.9. The van der Waals surface area contributed by atoms with E-state index in [1.807, 2.05) is 18.2 Å². The molecule has 0 unspecified atom stereocenters. The summed E-state index contributed by atoms with van der Waals surface area (Å²) < 4.78 is 0. The summed E-state index contributed by atoms with van der Waals surface area (Å²) in [7, 11) is 0. The van der Waals surface area contributed by atoms with Gasteiger partial charge in [-0.3, -0.25) is 0 Å². The van der Waals surface area contributed by atoms with Crippen LogP contribution in [-0.4, -0.2) is 5.71 Å². The van der Waals surface area contributed by atoms with Crippen molar-refractivity contribution in [2.75, 3.05) is 0 Å². The Morgan fingerprint density at radius 2 is 1.22 bits per heavy atom. The van der Waals surface area contributed by atoms with Gasteiger partial charge in [-0.25, -0.2) is 0 Å². The van der Waals surface area contributed by atoms with Crippen LogP contribution in [0.3, 0.4) is 0 Å². The third kappa shape index (κ3) is 3.92. The molecular weight excluding hydrogens is 496 g/mol. The number of rotatable bonds is 4. The molecule has 0 radical (unpaired) electrons. The molecule has 0 saturated heterocycles. The Labute approximate surface area is 238 Å². The van der Waals surface area contributed by atoms with Crippen LogP contribution in [0.5, 0.6) is 0 Å². The van der Waals surface area contributed by atoms with Gasteiger partial charge in [0, 0.05) is 22.5 Å². The minimum absolute atomic E-state index is 0.482. The average Bonchev–Trinajstić information content (AvgIpc) is 3.04. The van der Waals surface area contributed by atoms with Gasteiger partial charge in [0.25, 0.3) is 0 Å². The SMILES string of the molecule is N=C(/C=C1\NC(c2ccccc2)=Cc2ccc(-c3ccccc3)cc21)c1ccc2ccc3cccc4ccc1c2c34. The van der Waals surface area contributed by atoms with Crippen molar-refractivity contribution in [2.45, 2.75) is 0 Å². The van der Waals surface area contributed by atoms with Crippen molar-refractivity contribution in [3.05, 3.63) is 162 Å². The van der Waals surface area contributed by atoms with Crippen LogP contribution >= 0.6 is 0 Å². The molecule has 1 aliphatic rings. The zero-order chi connectivity index (χ0) is 27.3. The highest BCUT2D eigenvalue weighted by molar-refractivity contribution is 6.28. The molecule has 2 N–H and O–H groups in total. The van der Waals surface area contributed by atoms with Crippen molar-refractivity contribution in [3.63, 3.8) is 0 Å². The van der Waals surface area contributed by atoms with Crippen molar-refractivity contribution in [2.24, 2.45) is 0 Å². The van der Waals surface area contributed by atoms with Gasteiger partial charge in [0.1, 0.15) is 0 Å². The van der Waals surface area contributed by atoms with Gasteiger partial charge in [0.15, 0.2) is 0 Å². The Bertz CT molecular complexity index is 2150. The van der Waals surface area contributed by atoms with E-state index in [0.29, 0.717) is 5.71 Å². The minimum Gasteiger partial charge on any atom is -0.354 e. The molecule has 0 fully saturated rings. The van der Waals surface area contributed by atoms with Gasteiger partial charge in [0.05, 0.1) is 5.71 Å². The van der Waals surface area contributed by atoms with Crippen LogP contribution in [0.4, 0.5) is 0 Å². The number of benzene rings is 7. The lowest BCUT2D eigenvalue weighted by Crippen LogP contribution is -2.17. The lowest BCUT2D eigenvalue weighted by molar-refractivity contribution is 1.22. The zero-order valence-electron chi connectivity index (χ0n) is 22.4. The Balaban J connectivity index is 1.30. The summed E-state index contributed by atoms with van der Waals surface area (Å²) in [6.07, 6.45) is 4.20. The molecule has 2 heteroatoms. The molecule has 0 aliphatic carbocycles. The van der Waals surface area contributed by atoms with Crippen molar-refractivity contribution in [3.8, 4) is 11.1 Å². The Morgan fingerprint density at radius 3 is 1.98 bits per heavy atom. The largest absolute Gasteiger partial charge is 0.354 e. The molecular formula is C39H26N2. The molecule has 0 aromatic heterocycles. The Morgan fingerprint density at radius 1 is 0.561 bits per heavy atom. The highest BCUT2D eigenvalue weighted by Gasteiger charge is 2.19. The molecule has 7 aromatic rings. The zero-order valence-corrected chi connectivity index (χ0v) is 22.4. The third-order valence-corrected chi connectivity index (χ3v) is 8.21. The topological polar surface area (TPSA) is 35.9 Å². The molecule has 0 atom stereocenters. The first-order valence-corrected chi connectivity index (χ1v) is 13.9. The van der Waals surface area contributed by atoms with Gasteiger partial charge in [-0.1, -0.05) is 127 Å². The summed E-state index contributed by atoms with van der Waals surface area (Å²) in [4.78, 5) is 0. The predicted molar refractivity (Wildman–Crippen MR) is 174 cm³/mol. The van der Waals surface area contributed by atoms with E-state index < -0.39 is 0 Å². The second-order valence-corrected chi connectivity index (χ2v) is 10.7. The fourth-order valence-electron chi connectivity index (χ4n) is 6.21. The van der Waals surface area contributed by atoms with Crippen LogP contribution in [0.2, 0.25) is 0 Å². The quantitative estimate of drug-likeness (QED) is 0.175. The van der Waals surface area contributed by atoms with E-state index in [9.17, 15) is 5.41 Å². The fourth-order valence-corrected chi connectivity index (χ4v) is 6.21. The predicted octanol–water partition coefficient (Wildman–Crippen LogP) is 9.76. The van der Waals surface area contributed by atoms with Crippen LogP contribution in [-0.2, 0) is 0 Å². The lowest BCUT2D eigenvalue weighted by Gasteiger charge is -2.23. The van der Waals surface area contributed by atoms with Gasteiger partial charge >= 0.3 is 0 Å². The van der Waals surface area contributed by atoms with Gasteiger partial charge < -0.3 is 10.7 Å². The number of hydrogen-bond acceptors (Lipinski definition) is 2. The summed E-state index contributed by atoms with van der Waals surface area (Å²) in [5.74, 6) is 0. The van der Waals surface area contributed by atoms with E-state index in [1.54, 1.807) is 0 Å². The molecule has 7 aromatic carbocycles. The first kappa shape index (κ1) is 23.4. The Hall–Kier alpha value is -5.47. The van der Waals surface area contributed by atoms with E-state index in [1.165, 1.54) is 32.5 Å². The van der Waals surface area contributed by atoms with E-state index in [2.05, 4.69) is 133 Å². The van der Waals surface area contributed by atoms with Gasteiger partial charge in [0.2, 0.25) is 0 Å². The molecule has 0 spiro atoms. The number of nitrogens with one attached hydrogen (secondary N) is 2. The first-order chi connectivity index (χ1) is 20.2. The maximum Gasteiger partial charge on any atom is 0.0639 e. The van der Waals surface area contributed by atoms with E-state index in [-0.39, 0.29) is 0 Å². The molecule has 0 amide bonds. The standard InChI is InChI=1S/C39H26N2/c40-35(32-20-18-29-15-14-27-12-7-13-28-19-21-33(32)39(29)38(27)28)24-37-34-22-30(25-8-3-1-4-9-25)16-17-31(34)23-36(41-37)26-10-5-2-6-11-26/h1-24,40-41H/b37-24-,40-35?. The highest BCUT2D eigenvalue weighted by Crippen LogP contribution is 2.37. The number of hydrogen-bond donors (Lipinski definition) is 2. The van der Waals surface area contributed by atoms with Crippen LogP contribution in [0, 0.1) is 5.41 Å². The second-order valence-electron chi connectivity index (χ2n) is 10.7. The van der Waals surface area contributed by atoms with Crippen LogP contribution in [0.15, 0.2) is 140 Å². The van der Waals surface area contributed by atoms with E-state index >= 15 is 0 Å². The third-order valence-electron chi connectivity index (χ3n) is 8.21. The van der Waals surface area contributed by atoms with Crippen molar-refractivity contribution < 1.29 is 0 Å². The van der Waals surface area contributed by atoms with E-state index in [4.69, 9.17) is 0 Å². The van der Waals surface area contributed by atoms with E-state index in [0.717, 1.165) is 44.6 Å². The van der Waals surface area contributed by atoms with Crippen molar-refractivity contribution in [1.29, 1.82) is 5.41 Å². The fraction of sp³-hybridized carbons (Fsp3) is 0. The maximum absolute atomic E-state index is 9.37. The summed E-state index contributed by atoms with van der Waals surface area (Å²) in [6, 6.07) is 46.9. The number of allylic oxidation sites excluding steroid dienone is 1. The van der Waals surface area contributed by atoms with Crippen LogP contribution in [0.1, 0.15) is 22.3 Å². The second kappa shape index (κ2) is 9.32. The molecule has 0 saturated carbocycles. The molecule has 41 heavy (non-hydrogen) atoms. The first-order valence-electron chi connectivity index (χ1n) is 13.9. The minimum atomic E-state index is 0.482. The summed E-state index contributed by atoms with van der Waals surface area (Å²) >= 11 is 0. The van der Waals surface area contributed by atoms with Crippen molar-refractivity contribution in [1.82, 2.24) is 5.32 Å². The number of fused-ring (bicyclic) bond motifs is 1.